The highest BCUT2D eigenvalue weighted by Crippen LogP contribution is 2.16. The van der Waals surface area contributed by atoms with Crippen molar-refractivity contribution in [1.29, 1.82) is 0 Å². The molecule has 1 fully saturated rings. The van der Waals surface area contributed by atoms with E-state index in [4.69, 9.17) is 0 Å². The van der Waals surface area contributed by atoms with Gasteiger partial charge in [0.1, 0.15) is 5.82 Å². The SMILES string of the molecule is CC(C)CNC(=O)CNC(=O)N1CCN(c2ccc(F)cc2)CC1. The normalized spacial score (nSPS) is 14.7. The van der Waals surface area contributed by atoms with Crippen molar-refractivity contribution in [2.24, 2.45) is 5.92 Å². The zero-order valence-corrected chi connectivity index (χ0v) is 14.2. The van der Waals surface area contributed by atoms with E-state index in [2.05, 4.69) is 15.5 Å². The van der Waals surface area contributed by atoms with E-state index in [1.54, 1.807) is 17.0 Å². The molecule has 1 heterocycles. The van der Waals surface area contributed by atoms with E-state index in [9.17, 15) is 14.0 Å². The van der Waals surface area contributed by atoms with Gasteiger partial charge < -0.3 is 20.4 Å². The van der Waals surface area contributed by atoms with Crippen molar-refractivity contribution in [1.82, 2.24) is 15.5 Å². The number of carbonyl (C=O) groups is 2. The van der Waals surface area contributed by atoms with Crippen molar-refractivity contribution in [3.63, 3.8) is 0 Å². The molecule has 24 heavy (non-hydrogen) atoms. The fraction of sp³-hybridized carbons (Fsp3) is 0.529. The van der Waals surface area contributed by atoms with Crippen molar-refractivity contribution in [3.05, 3.63) is 30.1 Å². The number of urea groups is 1. The number of benzene rings is 1. The Morgan fingerprint density at radius 1 is 1.08 bits per heavy atom. The molecule has 0 radical (unpaired) electrons. The lowest BCUT2D eigenvalue weighted by molar-refractivity contribution is -0.120. The van der Waals surface area contributed by atoms with Crippen molar-refractivity contribution in [3.8, 4) is 0 Å². The molecule has 0 atom stereocenters. The minimum atomic E-state index is -0.257. The van der Waals surface area contributed by atoms with Gasteiger partial charge in [-0.25, -0.2) is 9.18 Å². The molecule has 0 aliphatic carbocycles. The van der Waals surface area contributed by atoms with Crippen molar-refractivity contribution >= 4 is 17.6 Å². The molecule has 3 amide bonds. The molecular formula is C17H25FN4O2. The van der Waals surface area contributed by atoms with Crippen LogP contribution in [0, 0.1) is 11.7 Å². The highest BCUT2D eigenvalue weighted by molar-refractivity contribution is 5.84. The summed E-state index contributed by atoms with van der Waals surface area (Å²) in [6.07, 6.45) is 0. The lowest BCUT2D eigenvalue weighted by atomic mass is 10.2. The molecule has 2 N–H and O–H groups in total. The van der Waals surface area contributed by atoms with E-state index in [1.165, 1.54) is 12.1 Å². The predicted molar refractivity (Wildman–Crippen MR) is 91.4 cm³/mol. The summed E-state index contributed by atoms with van der Waals surface area (Å²) in [5.74, 6) is -0.0568. The molecule has 0 spiro atoms. The van der Waals surface area contributed by atoms with Gasteiger partial charge in [0.15, 0.2) is 0 Å². The molecule has 0 bridgehead atoms. The van der Waals surface area contributed by atoms with Crippen LogP contribution < -0.4 is 15.5 Å². The number of piperazine rings is 1. The number of anilines is 1. The Kier molecular flexibility index (Phi) is 6.40. The number of nitrogens with one attached hydrogen (secondary N) is 2. The number of halogens is 1. The van der Waals surface area contributed by atoms with Crippen LogP contribution in [0.5, 0.6) is 0 Å². The Balaban J connectivity index is 1.72. The van der Waals surface area contributed by atoms with Crippen LogP contribution in [-0.2, 0) is 4.79 Å². The Morgan fingerprint density at radius 2 is 1.71 bits per heavy atom. The maximum absolute atomic E-state index is 13.0. The van der Waals surface area contributed by atoms with Gasteiger partial charge in [-0.1, -0.05) is 13.8 Å². The molecular weight excluding hydrogens is 311 g/mol. The lowest BCUT2D eigenvalue weighted by Crippen LogP contribution is -2.53. The third kappa shape index (κ3) is 5.40. The largest absolute Gasteiger partial charge is 0.368 e. The molecule has 7 heteroatoms. The van der Waals surface area contributed by atoms with E-state index in [-0.39, 0.29) is 24.3 Å². The predicted octanol–water partition coefficient (Wildman–Crippen LogP) is 1.43. The van der Waals surface area contributed by atoms with Crippen molar-refractivity contribution in [2.45, 2.75) is 13.8 Å². The standard InChI is InChI=1S/C17H25FN4O2/c1-13(2)11-19-16(23)12-20-17(24)22-9-7-21(8-10-22)15-5-3-14(18)4-6-15/h3-6,13H,7-12H2,1-2H3,(H,19,23)(H,20,24). The molecule has 1 aliphatic heterocycles. The van der Waals surface area contributed by atoms with Crippen LogP contribution in [0.2, 0.25) is 0 Å². The van der Waals surface area contributed by atoms with Gasteiger partial charge in [0.05, 0.1) is 6.54 Å². The van der Waals surface area contributed by atoms with Gasteiger partial charge in [-0.15, -0.1) is 0 Å². The average Bonchev–Trinajstić information content (AvgIpc) is 2.58. The Hall–Kier alpha value is -2.31. The first kappa shape index (κ1) is 18.0. The monoisotopic (exact) mass is 336 g/mol. The van der Waals surface area contributed by atoms with Crippen LogP contribution in [0.4, 0.5) is 14.9 Å². The quantitative estimate of drug-likeness (QED) is 0.855. The second kappa shape index (κ2) is 8.52. The summed E-state index contributed by atoms with van der Waals surface area (Å²) in [5.41, 5.74) is 0.949. The topological polar surface area (TPSA) is 64.7 Å². The Labute approximate surface area is 142 Å². The van der Waals surface area contributed by atoms with Crippen LogP contribution in [0.15, 0.2) is 24.3 Å². The van der Waals surface area contributed by atoms with Gasteiger partial charge in [-0.3, -0.25) is 4.79 Å². The number of rotatable bonds is 5. The molecule has 2 rings (SSSR count). The van der Waals surface area contributed by atoms with E-state index in [1.807, 2.05) is 13.8 Å². The number of nitrogens with zero attached hydrogens (tertiary/aromatic N) is 2. The molecule has 0 unspecified atom stereocenters. The molecule has 1 aromatic carbocycles. The second-order valence-electron chi connectivity index (χ2n) is 6.31. The fourth-order valence-corrected chi connectivity index (χ4v) is 2.47. The molecule has 1 aromatic rings. The Bertz CT molecular complexity index is 554. The van der Waals surface area contributed by atoms with Crippen LogP contribution >= 0.6 is 0 Å². The number of hydrogen-bond acceptors (Lipinski definition) is 3. The van der Waals surface area contributed by atoms with Crippen LogP contribution in [0.25, 0.3) is 0 Å². The first-order chi connectivity index (χ1) is 11.5. The third-order valence-electron chi connectivity index (χ3n) is 3.87. The zero-order chi connectivity index (χ0) is 17.5. The minimum absolute atomic E-state index is 0.0102. The van der Waals surface area contributed by atoms with Crippen molar-refractivity contribution < 1.29 is 14.0 Å². The van der Waals surface area contributed by atoms with Gasteiger partial charge in [0.25, 0.3) is 0 Å². The fourth-order valence-electron chi connectivity index (χ4n) is 2.47. The average molecular weight is 336 g/mol. The molecule has 1 saturated heterocycles. The van der Waals surface area contributed by atoms with E-state index in [0.717, 1.165) is 5.69 Å². The highest BCUT2D eigenvalue weighted by Gasteiger charge is 2.21. The molecule has 132 valence electrons. The molecule has 0 aromatic heterocycles. The zero-order valence-electron chi connectivity index (χ0n) is 14.2. The van der Waals surface area contributed by atoms with E-state index in [0.29, 0.717) is 38.6 Å². The summed E-state index contributed by atoms with van der Waals surface area (Å²) >= 11 is 0. The van der Waals surface area contributed by atoms with Gasteiger partial charge in [0, 0.05) is 38.4 Å². The summed E-state index contributed by atoms with van der Waals surface area (Å²) in [7, 11) is 0. The van der Waals surface area contributed by atoms with Gasteiger partial charge in [-0.05, 0) is 30.2 Å². The van der Waals surface area contributed by atoms with Crippen LogP contribution in [0.3, 0.4) is 0 Å². The first-order valence-electron chi connectivity index (χ1n) is 8.25. The number of hydrogen-bond donors (Lipinski definition) is 2. The maximum Gasteiger partial charge on any atom is 0.317 e. The van der Waals surface area contributed by atoms with Gasteiger partial charge in [0.2, 0.25) is 5.91 Å². The van der Waals surface area contributed by atoms with E-state index >= 15 is 0 Å². The van der Waals surface area contributed by atoms with Gasteiger partial charge >= 0.3 is 6.03 Å². The van der Waals surface area contributed by atoms with Crippen LogP contribution in [0.1, 0.15) is 13.8 Å². The summed E-state index contributed by atoms with van der Waals surface area (Å²) < 4.78 is 13.0. The minimum Gasteiger partial charge on any atom is -0.368 e. The van der Waals surface area contributed by atoms with E-state index < -0.39 is 0 Å². The summed E-state index contributed by atoms with van der Waals surface area (Å²) in [5, 5.41) is 5.41. The summed E-state index contributed by atoms with van der Waals surface area (Å²) in [4.78, 5) is 27.5. The summed E-state index contributed by atoms with van der Waals surface area (Å²) in [6, 6.07) is 6.12. The second-order valence-corrected chi connectivity index (χ2v) is 6.31. The van der Waals surface area contributed by atoms with Crippen LogP contribution in [-0.4, -0.2) is 56.1 Å². The maximum atomic E-state index is 13.0. The summed E-state index contributed by atoms with van der Waals surface area (Å²) in [6.45, 7) is 7.11. The number of amides is 3. The molecule has 6 nitrogen and oxygen atoms in total. The van der Waals surface area contributed by atoms with Crippen molar-refractivity contribution in [2.75, 3.05) is 44.2 Å². The third-order valence-corrected chi connectivity index (χ3v) is 3.87. The van der Waals surface area contributed by atoms with Gasteiger partial charge in [-0.2, -0.15) is 0 Å². The first-order valence-corrected chi connectivity index (χ1v) is 8.25. The molecule has 1 aliphatic rings. The number of carbonyl (C=O) groups excluding carboxylic acids is 2. The highest BCUT2D eigenvalue weighted by atomic mass is 19.1. The molecule has 0 saturated carbocycles. The lowest BCUT2D eigenvalue weighted by Gasteiger charge is -2.36. The smallest absolute Gasteiger partial charge is 0.317 e. The Morgan fingerprint density at radius 3 is 2.29 bits per heavy atom.